The smallest absolute Gasteiger partial charge is 0.261 e. The molecule has 0 aliphatic carbocycles. The van der Waals surface area contributed by atoms with Crippen LogP contribution < -0.4 is 9.47 Å². The number of carbonyl (C=O) groups is 2. The van der Waals surface area contributed by atoms with E-state index in [0.29, 0.717) is 29.0 Å². The third-order valence-electron chi connectivity index (χ3n) is 9.72. The summed E-state index contributed by atoms with van der Waals surface area (Å²) in [5.74, 6) is -1.00. The van der Waals surface area contributed by atoms with Crippen molar-refractivity contribution in [2.24, 2.45) is 0 Å². The Morgan fingerprint density at radius 3 is 2.14 bits per heavy atom. The van der Waals surface area contributed by atoms with E-state index in [4.69, 9.17) is 9.47 Å². The van der Waals surface area contributed by atoms with Crippen LogP contribution in [-0.4, -0.2) is 87.0 Å². The highest BCUT2D eigenvalue weighted by Crippen LogP contribution is 2.58. The lowest BCUT2D eigenvalue weighted by Gasteiger charge is -2.57. The quantitative estimate of drug-likeness (QED) is 0.260. The zero-order valence-electron chi connectivity index (χ0n) is 25.0. The number of imide groups is 1. The number of rotatable bonds is 4. The maximum Gasteiger partial charge on any atom is 0.261 e. The molecule has 3 aromatic rings. The first kappa shape index (κ1) is 28.1. The normalized spacial score (nSPS) is 23.5. The highest BCUT2D eigenvalue weighted by molar-refractivity contribution is 6.21. The van der Waals surface area contributed by atoms with E-state index < -0.39 is 36.2 Å². The van der Waals surface area contributed by atoms with Gasteiger partial charge in [-0.05, 0) is 56.7 Å². The number of hydrogen-bond acceptors (Lipinski definition) is 10. The van der Waals surface area contributed by atoms with Crippen LogP contribution in [0, 0.1) is 13.8 Å². The lowest BCUT2D eigenvalue weighted by molar-refractivity contribution is -0.111. The van der Waals surface area contributed by atoms with E-state index in [1.54, 1.807) is 42.2 Å². The number of likely N-dealkylation sites (N-methyl/N-ethyl adjacent to an activating group) is 1. The predicted octanol–water partition coefficient (Wildman–Crippen LogP) is 3.36. The summed E-state index contributed by atoms with van der Waals surface area (Å²) >= 11 is 0. The molecule has 2 bridgehead atoms. The Balaban J connectivity index is 1.47. The summed E-state index contributed by atoms with van der Waals surface area (Å²) in [6.45, 7) is 3.23. The molecule has 0 radical (unpaired) electrons. The molecule has 0 aromatic heterocycles. The molecular formula is C33H33N3O8. The molecule has 1 saturated heterocycles. The first-order chi connectivity index (χ1) is 21.0. The number of piperazine rings is 1. The third kappa shape index (κ3) is 3.50. The van der Waals surface area contributed by atoms with Gasteiger partial charge in [-0.15, -0.1) is 0 Å². The van der Waals surface area contributed by atoms with Crippen LogP contribution in [0.3, 0.4) is 0 Å². The van der Waals surface area contributed by atoms with Gasteiger partial charge in [0, 0.05) is 28.0 Å². The van der Waals surface area contributed by atoms with Gasteiger partial charge in [0.05, 0.1) is 50.0 Å². The van der Waals surface area contributed by atoms with Crippen LogP contribution in [0.1, 0.15) is 66.2 Å². The monoisotopic (exact) mass is 599 g/mol. The van der Waals surface area contributed by atoms with Crippen molar-refractivity contribution < 1.29 is 39.5 Å². The molecule has 11 heteroatoms. The molecule has 4 heterocycles. The highest BCUT2D eigenvalue weighted by atomic mass is 16.5. The number of methoxy groups -OCH3 is 2. The third-order valence-corrected chi connectivity index (χ3v) is 9.72. The van der Waals surface area contributed by atoms with Gasteiger partial charge in [-0.3, -0.25) is 19.4 Å². The summed E-state index contributed by atoms with van der Waals surface area (Å²) in [6, 6.07) is 6.49. The lowest BCUT2D eigenvalue weighted by atomic mass is 9.77. The van der Waals surface area contributed by atoms with Crippen LogP contribution >= 0.6 is 0 Å². The van der Waals surface area contributed by atoms with Gasteiger partial charge in [-0.1, -0.05) is 18.2 Å². The van der Waals surface area contributed by atoms with Crippen molar-refractivity contribution in [3.8, 4) is 28.7 Å². The maximum absolute atomic E-state index is 13.5. The second-order valence-electron chi connectivity index (χ2n) is 11.8. The predicted molar refractivity (Wildman–Crippen MR) is 159 cm³/mol. The lowest BCUT2D eigenvalue weighted by Crippen LogP contribution is -2.63. The average molecular weight is 600 g/mol. The molecule has 44 heavy (non-hydrogen) atoms. The number of aliphatic hydroxyl groups excluding tert-OH is 1. The number of hydrogen-bond donors (Lipinski definition) is 4. The summed E-state index contributed by atoms with van der Waals surface area (Å²) in [5.41, 5.74) is 4.09. The summed E-state index contributed by atoms with van der Waals surface area (Å²) in [5, 5.41) is 46.6. The SMILES string of the molecule is COc1c(C)cc2c(c1O)[C@@H]1C3=Cc4c(O)c(C)c(OC)c(O)c4[C@H](CN4C(=O)c5ccccc5C4=O)N3[C@@H](O)[C@H](C2)N1C. The molecule has 7 rings (SSSR count). The summed E-state index contributed by atoms with van der Waals surface area (Å²) in [6.07, 6.45) is 0.937. The number of benzene rings is 3. The number of aryl methyl sites for hydroxylation is 1. The van der Waals surface area contributed by atoms with Crippen LogP contribution in [0.2, 0.25) is 0 Å². The minimum Gasteiger partial charge on any atom is -0.507 e. The van der Waals surface area contributed by atoms with Gasteiger partial charge in [0.2, 0.25) is 0 Å². The molecule has 0 saturated carbocycles. The fourth-order valence-corrected chi connectivity index (χ4v) is 7.67. The Kier molecular flexibility index (Phi) is 6.14. The number of phenolic OH excluding ortho intramolecular Hbond substituents is 3. The minimum atomic E-state index is -1.15. The van der Waals surface area contributed by atoms with E-state index in [1.807, 2.05) is 24.9 Å². The summed E-state index contributed by atoms with van der Waals surface area (Å²) in [7, 11) is 4.73. The van der Waals surface area contributed by atoms with E-state index in [1.165, 1.54) is 14.2 Å². The van der Waals surface area contributed by atoms with Gasteiger partial charge in [0.15, 0.2) is 23.0 Å². The summed E-state index contributed by atoms with van der Waals surface area (Å²) in [4.78, 5) is 31.9. The standard InChI is InChI=1S/C33H33N3O8/c1-14-10-16-11-21-33(42)36-20(25(34(21)3)23(16)27(38)29(14)43-4)12-19-24(28(39)30(44-5)15(2)26(19)37)22(36)13-35-31(40)17-8-6-7-9-18(17)32(35)41/h6-10,12,21-22,25,33,37-39,42H,11,13H2,1-5H3/t21-,22-,25-,33-/m0/s1. The van der Waals surface area contributed by atoms with E-state index in [2.05, 4.69) is 0 Å². The molecule has 4 atom stereocenters. The number of ether oxygens (including phenoxy) is 2. The van der Waals surface area contributed by atoms with Crippen molar-refractivity contribution in [3.05, 3.63) is 80.5 Å². The number of nitrogens with zero attached hydrogens (tertiary/aromatic N) is 3. The van der Waals surface area contributed by atoms with Crippen LogP contribution in [-0.2, 0) is 6.42 Å². The fourth-order valence-electron chi connectivity index (χ4n) is 7.67. The van der Waals surface area contributed by atoms with Crippen LogP contribution in [0.25, 0.3) is 6.08 Å². The number of carbonyl (C=O) groups excluding carboxylic acids is 2. The van der Waals surface area contributed by atoms with Gasteiger partial charge < -0.3 is 34.8 Å². The van der Waals surface area contributed by atoms with Crippen molar-refractivity contribution in [3.63, 3.8) is 0 Å². The van der Waals surface area contributed by atoms with Gasteiger partial charge >= 0.3 is 0 Å². The first-order valence-corrected chi connectivity index (χ1v) is 14.4. The zero-order valence-corrected chi connectivity index (χ0v) is 25.0. The minimum absolute atomic E-state index is 0.0179. The molecule has 4 aliphatic heterocycles. The Labute approximate surface area is 253 Å². The van der Waals surface area contributed by atoms with Crippen LogP contribution in [0.5, 0.6) is 28.7 Å². The van der Waals surface area contributed by atoms with Crippen molar-refractivity contribution in [2.75, 3.05) is 27.8 Å². The molecule has 2 amide bonds. The van der Waals surface area contributed by atoms with Crippen molar-refractivity contribution in [2.45, 2.75) is 44.6 Å². The molecule has 0 spiro atoms. The number of aliphatic hydroxyl groups is 1. The number of phenols is 3. The van der Waals surface area contributed by atoms with E-state index >= 15 is 0 Å². The number of aromatic hydroxyl groups is 3. The average Bonchev–Trinajstić information content (AvgIpc) is 3.23. The van der Waals surface area contributed by atoms with E-state index in [9.17, 15) is 30.0 Å². The van der Waals surface area contributed by atoms with Gasteiger partial charge in [-0.2, -0.15) is 0 Å². The molecule has 11 nitrogen and oxygen atoms in total. The van der Waals surface area contributed by atoms with Gasteiger partial charge in [0.25, 0.3) is 11.8 Å². The topological polar surface area (TPSA) is 143 Å². The number of amides is 2. The maximum atomic E-state index is 13.5. The Hall–Kier alpha value is -4.74. The molecule has 1 fully saturated rings. The van der Waals surface area contributed by atoms with Crippen molar-refractivity contribution in [1.29, 1.82) is 0 Å². The molecule has 4 N–H and O–H groups in total. The zero-order chi connectivity index (χ0) is 31.4. The first-order valence-electron chi connectivity index (χ1n) is 14.4. The fraction of sp³-hybridized carbons (Fsp3) is 0.333. The van der Waals surface area contributed by atoms with Crippen molar-refractivity contribution in [1.82, 2.24) is 14.7 Å². The Morgan fingerprint density at radius 2 is 1.52 bits per heavy atom. The van der Waals surface area contributed by atoms with Gasteiger partial charge in [0.1, 0.15) is 12.0 Å². The van der Waals surface area contributed by atoms with Crippen molar-refractivity contribution >= 4 is 17.9 Å². The Bertz CT molecular complexity index is 1780. The molecule has 3 aromatic carbocycles. The van der Waals surface area contributed by atoms with E-state index in [-0.39, 0.29) is 51.8 Å². The van der Waals surface area contributed by atoms with Crippen LogP contribution in [0.4, 0.5) is 0 Å². The molecule has 228 valence electrons. The molecule has 4 aliphatic rings. The second-order valence-corrected chi connectivity index (χ2v) is 11.8. The molecule has 0 unspecified atom stereocenters. The molecular weight excluding hydrogens is 566 g/mol. The highest BCUT2D eigenvalue weighted by Gasteiger charge is 2.53. The largest absolute Gasteiger partial charge is 0.507 e. The second kappa shape index (κ2) is 9.63. The Morgan fingerprint density at radius 1 is 0.909 bits per heavy atom. The van der Waals surface area contributed by atoms with Crippen LogP contribution in [0.15, 0.2) is 36.0 Å². The number of fused-ring (bicyclic) bond motifs is 8. The summed E-state index contributed by atoms with van der Waals surface area (Å²) < 4.78 is 11.0. The van der Waals surface area contributed by atoms with E-state index in [0.717, 1.165) is 16.0 Å². The van der Waals surface area contributed by atoms with Gasteiger partial charge in [-0.25, -0.2) is 0 Å².